The molecule has 0 bridgehead atoms. The first-order valence-electron chi connectivity index (χ1n) is 4.49. The average molecular weight is 278 g/mol. The quantitative estimate of drug-likeness (QED) is 0.809. The van der Waals surface area contributed by atoms with Crippen LogP contribution in [0.2, 0.25) is 0 Å². The Kier molecular flexibility index (Phi) is 3.05. The third-order valence-electron chi connectivity index (χ3n) is 1.86. The van der Waals surface area contributed by atoms with Crippen LogP contribution in [0.3, 0.4) is 0 Å². The van der Waals surface area contributed by atoms with Gasteiger partial charge in [-0.1, -0.05) is 0 Å². The van der Waals surface area contributed by atoms with E-state index in [-0.39, 0.29) is 4.34 Å². The lowest BCUT2D eigenvalue weighted by atomic mass is 10.3. The number of nitrogens with zero attached hydrogens (tertiary/aromatic N) is 1. The molecular formula is C9H8ClNO3S2. The monoisotopic (exact) mass is 277 g/mol. The van der Waals surface area contributed by atoms with Gasteiger partial charge in [0.15, 0.2) is 0 Å². The van der Waals surface area contributed by atoms with Crippen LogP contribution in [-0.4, -0.2) is 20.0 Å². The predicted molar refractivity (Wildman–Crippen MR) is 63.8 cm³/mol. The second-order valence-corrected chi connectivity index (χ2v) is 6.75. The van der Waals surface area contributed by atoms with Crippen LogP contribution in [0.4, 0.5) is 0 Å². The molecule has 0 aliphatic carbocycles. The zero-order valence-electron chi connectivity index (χ0n) is 8.31. The Bertz CT molecular complexity index is 621. The van der Waals surface area contributed by atoms with E-state index in [0.717, 1.165) is 16.0 Å². The molecule has 0 saturated carbocycles. The van der Waals surface area contributed by atoms with Gasteiger partial charge >= 0.3 is 0 Å². The van der Waals surface area contributed by atoms with Crippen LogP contribution in [0.15, 0.2) is 22.5 Å². The first-order chi connectivity index (χ1) is 7.50. The highest BCUT2D eigenvalue weighted by Crippen LogP contribution is 2.30. The molecule has 86 valence electrons. The minimum atomic E-state index is -3.75. The molecule has 0 atom stereocenters. The second-order valence-electron chi connectivity index (χ2n) is 2.98. The third-order valence-corrected chi connectivity index (χ3v) is 4.80. The fourth-order valence-electron chi connectivity index (χ4n) is 1.24. The molecule has 0 radical (unpaired) electrons. The van der Waals surface area contributed by atoms with E-state index in [0.29, 0.717) is 17.9 Å². The van der Waals surface area contributed by atoms with Crippen molar-refractivity contribution in [2.24, 2.45) is 0 Å². The van der Waals surface area contributed by atoms with Gasteiger partial charge in [0.1, 0.15) is 5.75 Å². The molecule has 0 aliphatic rings. The number of thiazole rings is 1. The van der Waals surface area contributed by atoms with Crippen molar-refractivity contribution in [2.45, 2.75) is 11.3 Å². The summed E-state index contributed by atoms with van der Waals surface area (Å²) in [7, 11) is 1.47. The summed E-state index contributed by atoms with van der Waals surface area (Å²) in [5, 5.41) is 0. The summed E-state index contributed by atoms with van der Waals surface area (Å²) in [6.07, 6.45) is 0. The fraction of sp³-hybridized carbons (Fsp3) is 0.222. The first kappa shape index (κ1) is 11.6. The Morgan fingerprint density at radius 3 is 2.88 bits per heavy atom. The number of rotatable bonds is 3. The van der Waals surface area contributed by atoms with Crippen molar-refractivity contribution in [3.05, 3.63) is 18.2 Å². The van der Waals surface area contributed by atoms with Gasteiger partial charge in [-0.15, -0.1) is 11.3 Å². The van der Waals surface area contributed by atoms with Crippen molar-refractivity contribution in [2.75, 3.05) is 6.61 Å². The number of benzene rings is 1. The van der Waals surface area contributed by atoms with Gasteiger partial charge in [0.2, 0.25) is 4.34 Å². The molecule has 0 amide bonds. The minimum absolute atomic E-state index is 0.0854. The lowest BCUT2D eigenvalue weighted by Gasteiger charge is -2.00. The maximum absolute atomic E-state index is 11.1. The van der Waals surface area contributed by atoms with Gasteiger partial charge < -0.3 is 4.74 Å². The Hall–Kier alpha value is -0.850. The van der Waals surface area contributed by atoms with Crippen molar-refractivity contribution in [1.29, 1.82) is 0 Å². The van der Waals surface area contributed by atoms with E-state index in [9.17, 15) is 8.42 Å². The van der Waals surface area contributed by atoms with Gasteiger partial charge in [-0.25, -0.2) is 13.4 Å². The number of fused-ring (bicyclic) bond motifs is 1. The standard InChI is InChI=1S/C9H8ClNO3S2/c1-2-14-6-3-4-7-8(5-6)15-9(11-7)16(10,12)13/h3-5H,2H2,1H3. The van der Waals surface area contributed by atoms with Crippen LogP contribution in [0.1, 0.15) is 6.92 Å². The summed E-state index contributed by atoms with van der Waals surface area (Å²) < 4.78 is 28.2. The number of hydrogen-bond donors (Lipinski definition) is 0. The van der Waals surface area contributed by atoms with Crippen molar-refractivity contribution >= 4 is 41.3 Å². The van der Waals surface area contributed by atoms with Gasteiger partial charge in [0.05, 0.1) is 16.8 Å². The highest BCUT2D eigenvalue weighted by Gasteiger charge is 2.16. The van der Waals surface area contributed by atoms with E-state index in [4.69, 9.17) is 15.4 Å². The topological polar surface area (TPSA) is 56.3 Å². The van der Waals surface area contributed by atoms with Crippen molar-refractivity contribution in [3.63, 3.8) is 0 Å². The lowest BCUT2D eigenvalue weighted by molar-refractivity contribution is 0.341. The number of ether oxygens (including phenoxy) is 1. The van der Waals surface area contributed by atoms with Crippen molar-refractivity contribution < 1.29 is 13.2 Å². The highest BCUT2D eigenvalue weighted by molar-refractivity contribution is 8.15. The molecule has 0 aliphatic heterocycles. The van der Waals surface area contributed by atoms with Gasteiger partial charge in [-0.2, -0.15) is 0 Å². The van der Waals surface area contributed by atoms with Gasteiger partial charge in [0.25, 0.3) is 9.05 Å². The summed E-state index contributed by atoms with van der Waals surface area (Å²) in [6, 6.07) is 5.21. The molecule has 2 rings (SSSR count). The van der Waals surface area contributed by atoms with E-state index in [1.165, 1.54) is 0 Å². The molecule has 0 saturated heterocycles. The number of hydrogen-bond acceptors (Lipinski definition) is 5. The predicted octanol–water partition coefficient (Wildman–Crippen LogP) is 2.62. The largest absolute Gasteiger partial charge is 0.494 e. The molecule has 0 spiro atoms. The Labute approximate surface area is 101 Å². The summed E-state index contributed by atoms with van der Waals surface area (Å²) in [4.78, 5) is 3.93. The van der Waals surface area contributed by atoms with Crippen molar-refractivity contribution in [1.82, 2.24) is 4.98 Å². The summed E-state index contributed by atoms with van der Waals surface area (Å²) in [5.74, 6) is 0.692. The van der Waals surface area contributed by atoms with Crippen LogP contribution >= 0.6 is 22.0 Å². The molecule has 7 heteroatoms. The lowest BCUT2D eigenvalue weighted by Crippen LogP contribution is -1.90. The molecule has 1 aromatic heterocycles. The summed E-state index contributed by atoms with van der Waals surface area (Å²) in [5.41, 5.74) is 0.604. The number of aromatic nitrogens is 1. The SMILES string of the molecule is CCOc1ccc2nc(S(=O)(=O)Cl)sc2c1. The fourth-order valence-corrected chi connectivity index (χ4v) is 3.23. The molecule has 0 unspecified atom stereocenters. The van der Waals surface area contributed by atoms with E-state index in [1.54, 1.807) is 18.2 Å². The molecule has 16 heavy (non-hydrogen) atoms. The van der Waals surface area contributed by atoms with E-state index in [2.05, 4.69) is 4.98 Å². The highest BCUT2D eigenvalue weighted by atomic mass is 35.7. The Balaban J connectivity index is 2.54. The van der Waals surface area contributed by atoms with Crippen LogP contribution in [-0.2, 0) is 9.05 Å². The minimum Gasteiger partial charge on any atom is -0.494 e. The molecule has 0 N–H and O–H groups in total. The molecule has 1 aromatic carbocycles. The third kappa shape index (κ3) is 2.28. The molecule has 2 aromatic rings. The average Bonchev–Trinajstić information content (AvgIpc) is 2.60. The molecule has 4 nitrogen and oxygen atoms in total. The van der Waals surface area contributed by atoms with Crippen LogP contribution in [0.25, 0.3) is 10.2 Å². The number of halogens is 1. The van der Waals surface area contributed by atoms with Crippen LogP contribution in [0, 0.1) is 0 Å². The zero-order valence-corrected chi connectivity index (χ0v) is 10.7. The Morgan fingerprint density at radius 1 is 1.50 bits per heavy atom. The molecule has 0 fully saturated rings. The maximum atomic E-state index is 11.1. The van der Waals surface area contributed by atoms with Gasteiger partial charge in [-0.3, -0.25) is 0 Å². The summed E-state index contributed by atoms with van der Waals surface area (Å²) in [6.45, 7) is 2.44. The smallest absolute Gasteiger partial charge is 0.288 e. The molecular weight excluding hydrogens is 270 g/mol. The second kappa shape index (κ2) is 4.20. The van der Waals surface area contributed by atoms with Crippen LogP contribution in [0.5, 0.6) is 5.75 Å². The van der Waals surface area contributed by atoms with Gasteiger partial charge in [0, 0.05) is 10.7 Å². The van der Waals surface area contributed by atoms with E-state index < -0.39 is 9.05 Å². The van der Waals surface area contributed by atoms with E-state index in [1.807, 2.05) is 6.92 Å². The zero-order chi connectivity index (χ0) is 11.8. The van der Waals surface area contributed by atoms with Crippen LogP contribution < -0.4 is 4.74 Å². The first-order valence-corrected chi connectivity index (χ1v) is 7.61. The van der Waals surface area contributed by atoms with Crippen molar-refractivity contribution in [3.8, 4) is 5.75 Å². The summed E-state index contributed by atoms with van der Waals surface area (Å²) >= 11 is 1.03. The van der Waals surface area contributed by atoms with Gasteiger partial charge in [-0.05, 0) is 25.1 Å². The maximum Gasteiger partial charge on any atom is 0.288 e. The normalized spacial score (nSPS) is 11.9. The molecule has 1 heterocycles. The van der Waals surface area contributed by atoms with E-state index >= 15 is 0 Å². The Morgan fingerprint density at radius 2 is 2.25 bits per heavy atom.